The molecule has 130 valence electrons. The number of hydrogen-bond acceptors (Lipinski definition) is 3. The third kappa shape index (κ3) is 5.70. The third-order valence-corrected chi connectivity index (χ3v) is 4.53. The summed E-state index contributed by atoms with van der Waals surface area (Å²) in [5.74, 6) is 0.0498. The molecular formula is C15H13ClF3NO3S. The van der Waals surface area contributed by atoms with E-state index in [9.17, 15) is 21.6 Å². The van der Waals surface area contributed by atoms with Crippen molar-refractivity contribution in [3.05, 3.63) is 59.1 Å². The smallest absolute Gasteiger partial charge is 0.422 e. The Bertz CT molecular complexity index is 792. The fourth-order valence-corrected chi connectivity index (χ4v) is 3.08. The molecule has 0 saturated carbocycles. The minimum Gasteiger partial charge on any atom is -0.484 e. The molecule has 1 N–H and O–H groups in total. The number of benzene rings is 2. The second-order valence-corrected chi connectivity index (χ2v) is 7.03. The number of alkyl halides is 3. The van der Waals surface area contributed by atoms with E-state index in [1.165, 1.54) is 42.5 Å². The predicted molar refractivity (Wildman–Crippen MR) is 83.5 cm³/mol. The molecule has 0 unspecified atom stereocenters. The van der Waals surface area contributed by atoms with E-state index >= 15 is 0 Å². The van der Waals surface area contributed by atoms with Crippen LogP contribution in [0.15, 0.2) is 53.4 Å². The maximum atomic E-state index is 12.1. The molecular weight excluding hydrogens is 367 g/mol. The summed E-state index contributed by atoms with van der Waals surface area (Å²) in [5, 5.41) is 0.295. The van der Waals surface area contributed by atoms with Gasteiger partial charge in [0.2, 0.25) is 10.0 Å². The largest absolute Gasteiger partial charge is 0.484 e. The number of hydrogen-bond donors (Lipinski definition) is 1. The lowest BCUT2D eigenvalue weighted by molar-refractivity contribution is -0.153. The summed E-state index contributed by atoms with van der Waals surface area (Å²) in [6, 6.07) is 11.4. The fraction of sp³-hybridized carbons (Fsp3) is 0.200. The summed E-state index contributed by atoms with van der Waals surface area (Å²) in [5.41, 5.74) is 0.569. The first-order valence-electron chi connectivity index (χ1n) is 6.69. The first-order valence-corrected chi connectivity index (χ1v) is 8.55. The van der Waals surface area contributed by atoms with Gasteiger partial charge in [-0.3, -0.25) is 0 Å². The molecule has 0 aliphatic carbocycles. The number of ether oxygens (including phenoxy) is 1. The van der Waals surface area contributed by atoms with Gasteiger partial charge in [-0.2, -0.15) is 13.2 Å². The van der Waals surface area contributed by atoms with Crippen LogP contribution in [-0.2, 0) is 16.6 Å². The van der Waals surface area contributed by atoms with Crippen molar-refractivity contribution in [2.75, 3.05) is 6.61 Å². The number of rotatable bonds is 6. The van der Waals surface area contributed by atoms with Crippen molar-refractivity contribution < 1.29 is 26.3 Å². The first kappa shape index (κ1) is 18.6. The average molecular weight is 380 g/mol. The van der Waals surface area contributed by atoms with Crippen molar-refractivity contribution in [3.8, 4) is 5.75 Å². The Kier molecular flexibility index (Phi) is 5.74. The SMILES string of the molecule is O=S(=O)(NCc1ccc(OCC(F)(F)F)cc1)c1cccc(Cl)c1. The van der Waals surface area contributed by atoms with Crippen molar-refractivity contribution in [1.29, 1.82) is 0 Å². The van der Waals surface area contributed by atoms with E-state index in [-0.39, 0.29) is 17.2 Å². The zero-order chi connectivity index (χ0) is 17.8. The highest BCUT2D eigenvalue weighted by Gasteiger charge is 2.28. The summed E-state index contributed by atoms with van der Waals surface area (Å²) < 4.78 is 67.4. The van der Waals surface area contributed by atoms with Crippen molar-refractivity contribution in [2.24, 2.45) is 0 Å². The van der Waals surface area contributed by atoms with Gasteiger partial charge in [0.1, 0.15) is 5.75 Å². The molecule has 2 aromatic rings. The Balaban J connectivity index is 1.97. The fourth-order valence-electron chi connectivity index (χ4n) is 1.76. The zero-order valence-electron chi connectivity index (χ0n) is 12.2. The first-order chi connectivity index (χ1) is 11.2. The van der Waals surface area contributed by atoms with E-state index in [0.717, 1.165) is 0 Å². The summed E-state index contributed by atoms with van der Waals surface area (Å²) in [6.07, 6.45) is -4.41. The maximum absolute atomic E-state index is 12.1. The van der Waals surface area contributed by atoms with Gasteiger partial charge in [0.25, 0.3) is 0 Å². The minimum absolute atomic E-state index is 0.0194. The van der Waals surface area contributed by atoms with Crippen LogP contribution < -0.4 is 9.46 Å². The summed E-state index contributed by atoms with van der Waals surface area (Å²) >= 11 is 5.76. The van der Waals surface area contributed by atoms with E-state index < -0.39 is 22.8 Å². The van der Waals surface area contributed by atoms with Gasteiger partial charge < -0.3 is 4.74 Å². The molecule has 24 heavy (non-hydrogen) atoms. The van der Waals surface area contributed by atoms with Crippen LogP contribution in [0.1, 0.15) is 5.56 Å². The Hall–Kier alpha value is -1.77. The van der Waals surface area contributed by atoms with Gasteiger partial charge in [0.05, 0.1) is 4.90 Å². The van der Waals surface area contributed by atoms with Crippen LogP contribution in [0.25, 0.3) is 0 Å². The van der Waals surface area contributed by atoms with Gasteiger partial charge in [-0.15, -0.1) is 0 Å². The van der Waals surface area contributed by atoms with Gasteiger partial charge in [-0.25, -0.2) is 13.1 Å². The van der Waals surface area contributed by atoms with E-state index in [4.69, 9.17) is 11.6 Å². The number of sulfonamides is 1. The Labute approximate surface area is 142 Å². The molecule has 0 bridgehead atoms. The highest BCUT2D eigenvalue weighted by Crippen LogP contribution is 2.19. The molecule has 0 radical (unpaired) electrons. The van der Waals surface area contributed by atoms with Crippen LogP contribution in [0.4, 0.5) is 13.2 Å². The molecule has 4 nitrogen and oxygen atoms in total. The second-order valence-electron chi connectivity index (χ2n) is 4.83. The van der Waals surface area contributed by atoms with Crippen LogP contribution in [0.3, 0.4) is 0 Å². The third-order valence-electron chi connectivity index (χ3n) is 2.90. The van der Waals surface area contributed by atoms with Gasteiger partial charge in [0, 0.05) is 11.6 Å². The topological polar surface area (TPSA) is 55.4 Å². The standard InChI is InChI=1S/C15H13ClF3NO3S/c16-12-2-1-3-14(8-12)24(21,22)20-9-11-4-6-13(7-5-11)23-10-15(17,18)19/h1-8,20H,9-10H2. The van der Waals surface area contributed by atoms with Gasteiger partial charge in [0.15, 0.2) is 6.61 Å². The molecule has 0 atom stereocenters. The highest BCUT2D eigenvalue weighted by atomic mass is 35.5. The Morgan fingerprint density at radius 3 is 2.33 bits per heavy atom. The highest BCUT2D eigenvalue weighted by molar-refractivity contribution is 7.89. The van der Waals surface area contributed by atoms with Gasteiger partial charge in [-0.1, -0.05) is 29.8 Å². The molecule has 0 aliphatic heterocycles. The van der Waals surface area contributed by atoms with E-state index in [0.29, 0.717) is 10.6 Å². The monoisotopic (exact) mass is 379 g/mol. The Morgan fingerprint density at radius 2 is 1.75 bits per heavy atom. The molecule has 0 saturated heterocycles. The molecule has 0 heterocycles. The van der Waals surface area contributed by atoms with Crippen LogP contribution >= 0.6 is 11.6 Å². The van der Waals surface area contributed by atoms with Crippen molar-refractivity contribution in [3.63, 3.8) is 0 Å². The minimum atomic E-state index is -4.41. The lowest BCUT2D eigenvalue weighted by Gasteiger charge is -2.10. The van der Waals surface area contributed by atoms with Crippen LogP contribution in [0.2, 0.25) is 5.02 Å². The van der Waals surface area contributed by atoms with Crippen LogP contribution in [0, 0.1) is 0 Å². The quantitative estimate of drug-likeness (QED) is 0.831. The average Bonchev–Trinajstić information content (AvgIpc) is 2.51. The zero-order valence-corrected chi connectivity index (χ0v) is 13.8. The molecule has 0 aromatic heterocycles. The molecule has 9 heteroatoms. The maximum Gasteiger partial charge on any atom is 0.422 e. The van der Waals surface area contributed by atoms with Crippen molar-refractivity contribution in [2.45, 2.75) is 17.6 Å². The lowest BCUT2D eigenvalue weighted by Crippen LogP contribution is -2.23. The predicted octanol–water partition coefficient (Wildman–Crippen LogP) is 3.76. The van der Waals surface area contributed by atoms with Crippen LogP contribution in [-0.4, -0.2) is 21.2 Å². The molecule has 2 aromatic carbocycles. The second kappa shape index (κ2) is 7.42. The van der Waals surface area contributed by atoms with E-state index in [1.54, 1.807) is 6.07 Å². The summed E-state index contributed by atoms with van der Waals surface area (Å²) in [4.78, 5) is 0.0279. The van der Waals surface area contributed by atoms with Crippen molar-refractivity contribution in [1.82, 2.24) is 4.72 Å². The summed E-state index contributed by atoms with van der Waals surface area (Å²) in [7, 11) is -3.74. The lowest BCUT2D eigenvalue weighted by atomic mass is 10.2. The normalized spacial score (nSPS) is 12.2. The van der Waals surface area contributed by atoms with E-state index in [2.05, 4.69) is 9.46 Å². The van der Waals surface area contributed by atoms with Crippen molar-refractivity contribution >= 4 is 21.6 Å². The van der Waals surface area contributed by atoms with E-state index in [1.807, 2.05) is 0 Å². The summed E-state index contributed by atoms with van der Waals surface area (Å²) in [6.45, 7) is -1.40. The van der Waals surface area contributed by atoms with Gasteiger partial charge in [-0.05, 0) is 35.9 Å². The molecule has 0 amide bonds. The van der Waals surface area contributed by atoms with Gasteiger partial charge >= 0.3 is 6.18 Å². The molecule has 2 rings (SSSR count). The van der Waals surface area contributed by atoms with Crippen LogP contribution in [0.5, 0.6) is 5.75 Å². The molecule has 0 spiro atoms. The number of halogens is 4. The Morgan fingerprint density at radius 1 is 1.08 bits per heavy atom. The molecule has 0 aliphatic rings. The number of nitrogens with one attached hydrogen (secondary N) is 1. The molecule has 0 fully saturated rings.